The number of carboxylic acid groups (broad SMARTS) is 1. The molecule has 1 aromatic rings. The summed E-state index contributed by atoms with van der Waals surface area (Å²) in [5.74, 6) is 1.42. The van der Waals surface area contributed by atoms with E-state index in [1.165, 1.54) is 12.1 Å². The number of methoxy groups -OCH3 is 2. The lowest BCUT2D eigenvalue weighted by atomic mass is 10.00. The van der Waals surface area contributed by atoms with E-state index < -0.39 is 5.97 Å². The van der Waals surface area contributed by atoms with Gasteiger partial charge in [-0.25, -0.2) is 4.79 Å². The van der Waals surface area contributed by atoms with Crippen LogP contribution in [0.3, 0.4) is 0 Å². The lowest BCUT2D eigenvalue weighted by Crippen LogP contribution is -2.21. The molecule has 1 aromatic carbocycles. The van der Waals surface area contributed by atoms with E-state index in [0.29, 0.717) is 189 Å². The number of rotatable bonds is 49. The topological polar surface area (TPSA) is 184 Å². The second-order valence-electron chi connectivity index (χ2n) is 12.4. The summed E-state index contributed by atoms with van der Waals surface area (Å²) in [5, 5.41) is 9.24. The quantitative estimate of drug-likeness (QED) is 0.0743. The number of Topliss-reactive ketones (excluding diaryl/α,β-unsaturated/α-hetero) is 1. The Balaban J connectivity index is 2.07. The van der Waals surface area contributed by atoms with Crippen LogP contribution in [0.15, 0.2) is 24.3 Å². The number of ketones is 1. The van der Waals surface area contributed by atoms with Gasteiger partial charge in [-0.2, -0.15) is 23.5 Å². The van der Waals surface area contributed by atoms with Crippen LogP contribution in [0.5, 0.6) is 0 Å². The number of aromatic carboxylic acids is 1. The lowest BCUT2D eigenvalue weighted by Gasteiger charge is -2.16. The minimum Gasteiger partial charge on any atom is -0.478 e. The van der Waals surface area contributed by atoms with Crippen LogP contribution in [-0.2, 0) is 66.3 Å². The average molecular weight is 901 g/mol. The number of hydrogen-bond donors (Lipinski definition) is 1. The Morgan fingerprint density at radius 3 is 0.883 bits per heavy atom. The molecule has 0 amide bonds. The predicted octanol–water partition coefficient (Wildman–Crippen LogP) is 3.14. The summed E-state index contributed by atoms with van der Waals surface area (Å²) in [4.78, 5) is 24.7. The molecule has 0 spiro atoms. The fourth-order valence-electron chi connectivity index (χ4n) is 4.59. The second-order valence-corrected chi connectivity index (χ2v) is 14.7. The Labute approximate surface area is 365 Å². The lowest BCUT2D eigenvalue weighted by molar-refractivity contribution is -0.0186. The fraction of sp³-hybridized carbons (Fsp3) is 0.805. The Hall–Kier alpha value is -1.50. The van der Waals surface area contributed by atoms with Gasteiger partial charge in [0.2, 0.25) is 0 Å². The van der Waals surface area contributed by atoms with E-state index in [9.17, 15) is 14.7 Å². The molecule has 350 valence electrons. The highest BCUT2D eigenvalue weighted by Crippen LogP contribution is 2.20. The summed E-state index contributed by atoms with van der Waals surface area (Å²) in [6, 6.07) is 6.10. The van der Waals surface area contributed by atoms with E-state index >= 15 is 0 Å². The molecule has 1 N–H and O–H groups in total. The third kappa shape index (κ3) is 37.1. The molecule has 0 aliphatic rings. The molecule has 0 bridgehead atoms. The van der Waals surface area contributed by atoms with Crippen molar-refractivity contribution in [1.29, 1.82) is 0 Å². The van der Waals surface area contributed by atoms with Crippen molar-refractivity contribution >= 4 is 35.3 Å². The molecule has 19 heteroatoms. The third-order valence-electron chi connectivity index (χ3n) is 7.75. The fourth-order valence-corrected chi connectivity index (χ4v) is 6.65. The number of hydrogen-bond acceptors (Lipinski definition) is 18. The first-order valence-corrected chi connectivity index (χ1v) is 22.8. The predicted molar refractivity (Wildman–Crippen MR) is 229 cm³/mol. The SMILES string of the molecule is COCCOCCOCCOCCOCCOCCOCCSCC(CSCCOCCOCCOCCOCCOCCOCCOC)C(=O)c1ccc(C(=O)O)cc1. The van der Waals surface area contributed by atoms with Crippen LogP contribution in [0.1, 0.15) is 20.7 Å². The first-order chi connectivity index (χ1) is 29.6. The van der Waals surface area contributed by atoms with Crippen molar-refractivity contribution in [2.24, 2.45) is 5.92 Å². The smallest absolute Gasteiger partial charge is 0.335 e. The van der Waals surface area contributed by atoms with Gasteiger partial charge in [-0.05, 0) is 12.1 Å². The van der Waals surface area contributed by atoms with Gasteiger partial charge in [-0.3, -0.25) is 4.79 Å². The molecule has 0 saturated heterocycles. The van der Waals surface area contributed by atoms with Crippen LogP contribution in [-0.4, -0.2) is 226 Å². The van der Waals surface area contributed by atoms with Gasteiger partial charge in [-0.1, -0.05) is 12.1 Å². The molecular formula is C41H72O17S2. The van der Waals surface area contributed by atoms with Gasteiger partial charge in [0.05, 0.1) is 177 Å². The van der Waals surface area contributed by atoms with E-state index in [2.05, 4.69) is 0 Å². The highest BCUT2D eigenvalue weighted by atomic mass is 32.2. The van der Waals surface area contributed by atoms with Crippen LogP contribution >= 0.6 is 23.5 Å². The largest absolute Gasteiger partial charge is 0.478 e. The second kappa shape index (κ2) is 45.5. The summed E-state index contributed by atoms with van der Waals surface area (Å²) < 4.78 is 75.8. The van der Waals surface area contributed by atoms with Crippen molar-refractivity contribution in [2.45, 2.75) is 0 Å². The van der Waals surface area contributed by atoms with Gasteiger partial charge in [0, 0.05) is 48.7 Å². The van der Waals surface area contributed by atoms with Crippen molar-refractivity contribution in [3.05, 3.63) is 35.4 Å². The number of carboxylic acids is 1. The summed E-state index contributed by atoms with van der Waals surface area (Å²) in [5.41, 5.74) is 0.649. The van der Waals surface area contributed by atoms with E-state index in [1.807, 2.05) is 0 Å². The molecule has 60 heavy (non-hydrogen) atoms. The molecule has 0 fully saturated rings. The van der Waals surface area contributed by atoms with E-state index in [0.717, 1.165) is 11.5 Å². The minimum atomic E-state index is -1.03. The van der Waals surface area contributed by atoms with Crippen molar-refractivity contribution in [3.8, 4) is 0 Å². The molecule has 0 unspecified atom stereocenters. The maximum atomic E-state index is 13.4. The standard InChI is InChI=1S/C41H72O17S2/c1-45-7-9-47-11-13-49-15-17-51-19-21-53-23-25-55-27-29-57-31-33-59-35-39(40(42)37-3-5-38(6-4-37)41(43)44)36-60-34-32-58-30-28-56-26-24-54-22-20-52-18-16-50-14-12-48-10-8-46-2/h3-6,39H,7-36H2,1-2H3,(H,43,44). The first-order valence-electron chi connectivity index (χ1n) is 20.5. The molecule has 1 rings (SSSR count). The number of ether oxygens (including phenoxy) is 14. The molecule has 17 nitrogen and oxygen atoms in total. The van der Waals surface area contributed by atoms with Crippen molar-refractivity contribution in [3.63, 3.8) is 0 Å². The molecule has 0 aliphatic carbocycles. The Morgan fingerprint density at radius 1 is 0.400 bits per heavy atom. The highest BCUT2D eigenvalue weighted by molar-refractivity contribution is 8.00. The Kier molecular flexibility index (Phi) is 42.9. The van der Waals surface area contributed by atoms with E-state index in [4.69, 9.17) is 66.3 Å². The zero-order valence-electron chi connectivity index (χ0n) is 35.9. The van der Waals surface area contributed by atoms with Crippen molar-refractivity contribution in [1.82, 2.24) is 0 Å². The van der Waals surface area contributed by atoms with E-state index in [-0.39, 0.29) is 17.3 Å². The van der Waals surface area contributed by atoms with Gasteiger partial charge in [0.25, 0.3) is 0 Å². The highest BCUT2D eigenvalue weighted by Gasteiger charge is 2.21. The molecular weight excluding hydrogens is 829 g/mol. The summed E-state index contributed by atoms with van der Waals surface area (Å²) in [6.07, 6.45) is 0. The van der Waals surface area contributed by atoms with Crippen molar-refractivity contribution in [2.75, 3.05) is 209 Å². The van der Waals surface area contributed by atoms with Crippen LogP contribution in [0.25, 0.3) is 0 Å². The molecule has 0 saturated carbocycles. The van der Waals surface area contributed by atoms with Crippen molar-refractivity contribution < 1.29 is 81.0 Å². The number of thioether (sulfide) groups is 2. The third-order valence-corrected chi connectivity index (χ3v) is 9.94. The molecule has 0 atom stereocenters. The van der Waals surface area contributed by atoms with E-state index in [1.54, 1.807) is 49.9 Å². The molecule has 0 heterocycles. The monoisotopic (exact) mass is 900 g/mol. The van der Waals surface area contributed by atoms with Gasteiger partial charge >= 0.3 is 5.97 Å². The maximum Gasteiger partial charge on any atom is 0.335 e. The zero-order chi connectivity index (χ0) is 43.2. The summed E-state index contributed by atoms with van der Waals surface area (Å²) >= 11 is 3.31. The molecule has 0 aliphatic heterocycles. The first kappa shape index (κ1) is 56.5. The number of carbonyl (C=O) groups excluding carboxylic acids is 1. The summed E-state index contributed by atoms with van der Waals surface area (Å²) in [6.45, 7) is 13.2. The van der Waals surface area contributed by atoms with Gasteiger partial charge in [0.1, 0.15) is 0 Å². The van der Waals surface area contributed by atoms with Gasteiger partial charge in [-0.15, -0.1) is 0 Å². The maximum absolute atomic E-state index is 13.4. The van der Waals surface area contributed by atoms with Crippen LogP contribution in [0, 0.1) is 5.92 Å². The van der Waals surface area contributed by atoms with Crippen LogP contribution in [0.2, 0.25) is 0 Å². The molecule has 0 radical (unpaired) electrons. The van der Waals surface area contributed by atoms with Gasteiger partial charge in [0.15, 0.2) is 5.78 Å². The summed E-state index contributed by atoms with van der Waals surface area (Å²) in [7, 11) is 3.28. The Morgan fingerprint density at radius 2 is 0.633 bits per heavy atom. The number of carbonyl (C=O) groups is 2. The minimum absolute atomic E-state index is 0.00710. The average Bonchev–Trinajstić information content (AvgIpc) is 3.26. The van der Waals surface area contributed by atoms with Gasteiger partial charge < -0.3 is 71.4 Å². The van der Waals surface area contributed by atoms with Crippen LogP contribution in [0.4, 0.5) is 0 Å². The normalized spacial score (nSPS) is 11.6. The molecule has 0 aromatic heterocycles. The van der Waals surface area contributed by atoms with Crippen LogP contribution < -0.4 is 0 Å². The zero-order valence-corrected chi connectivity index (χ0v) is 37.5. The Bertz CT molecular complexity index is 1030. The number of benzene rings is 1.